The summed E-state index contributed by atoms with van der Waals surface area (Å²) in [6, 6.07) is 0. The van der Waals surface area contributed by atoms with E-state index in [9.17, 15) is 9.90 Å². The molecule has 0 saturated heterocycles. The van der Waals surface area contributed by atoms with Crippen LogP contribution in [0.5, 0.6) is 0 Å². The van der Waals surface area contributed by atoms with E-state index in [0.717, 1.165) is 12.8 Å². The molecule has 0 aliphatic rings. The molecule has 21 heavy (non-hydrogen) atoms. The van der Waals surface area contributed by atoms with Crippen molar-refractivity contribution in [3.05, 3.63) is 0 Å². The van der Waals surface area contributed by atoms with Crippen molar-refractivity contribution in [1.82, 2.24) is 0 Å². The standard InChI is InChI=1S/C18H36O2.Sn/c1-2-3-4-5-6-7-8-9-10-11-12-13-14-15-16-17-18(19)20;/h2-17H2,1H3,(H,19,20);/q;+2/p-1. The summed E-state index contributed by atoms with van der Waals surface area (Å²) in [5, 5.41) is 10.2. The molecule has 0 amide bonds. The van der Waals surface area contributed by atoms with Gasteiger partial charge in [-0.25, -0.2) is 0 Å². The SMILES string of the molecule is CCCCCCCCCCCCCCCCCC(=O)[O-].[Sn+2]. The summed E-state index contributed by atoms with van der Waals surface area (Å²) in [6.45, 7) is 2.27. The third-order valence-electron chi connectivity index (χ3n) is 3.98. The van der Waals surface area contributed by atoms with Gasteiger partial charge >= 0.3 is 23.9 Å². The molecule has 0 aliphatic carbocycles. The Morgan fingerprint density at radius 1 is 0.619 bits per heavy atom. The molecule has 0 N–H and O–H groups in total. The van der Waals surface area contributed by atoms with Gasteiger partial charge in [-0.15, -0.1) is 0 Å². The number of rotatable bonds is 16. The quantitative estimate of drug-likeness (QED) is 0.279. The Bertz CT molecular complexity index is 207. The van der Waals surface area contributed by atoms with E-state index in [0.29, 0.717) is 0 Å². The van der Waals surface area contributed by atoms with E-state index in [-0.39, 0.29) is 30.3 Å². The van der Waals surface area contributed by atoms with E-state index in [2.05, 4.69) is 6.92 Å². The van der Waals surface area contributed by atoms with Gasteiger partial charge in [-0.2, -0.15) is 0 Å². The normalized spacial score (nSPS) is 10.3. The molecular weight excluding hydrogens is 367 g/mol. The van der Waals surface area contributed by atoms with E-state index in [1.54, 1.807) is 0 Å². The second-order valence-electron chi connectivity index (χ2n) is 6.07. The Hall–Kier alpha value is 0.269. The number of hydrogen-bond donors (Lipinski definition) is 0. The number of carboxylic acid groups (broad SMARTS) is 1. The van der Waals surface area contributed by atoms with Gasteiger partial charge < -0.3 is 9.90 Å². The number of carbonyl (C=O) groups is 1. The molecule has 0 unspecified atom stereocenters. The van der Waals surface area contributed by atoms with Gasteiger partial charge in [0.05, 0.1) is 0 Å². The van der Waals surface area contributed by atoms with Gasteiger partial charge in [0, 0.05) is 5.97 Å². The van der Waals surface area contributed by atoms with Crippen LogP contribution in [0.1, 0.15) is 110 Å². The third kappa shape index (κ3) is 22.7. The van der Waals surface area contributed by atoms with E-state index >= 15 is 0 Å². The van der Waals surface area contributed by atoms with Crippen LogP contribution in [0.25, 0.3) is 0 Å². The average Bonchev–Trinajstić information content (AvgIpc) is 2.43. The van der Waals surface area contributed by atoms with Crippen molar-refractivity contribution in [3.8, 4) is 0 Å². The fraction of sp³-hybridized carbons (Fsp3) is 0.944. The zero-order valence-electron chi connectivity index (χ0n) is 14.1. The molecule has 0 aromatic heterocycles. The van der Waals surface area contributed by atoms with Crippen LogP contribution in [0.3, 0.4) is 0 Å². The number of carbonyl (C=O) groups excluding carboxylic acids is 1. The molecule has 0 saturated carbocycles. The maximum atomic E-state index is 10.2. The largest absolute Gasteiger partial charge is 2.00 e. The van der Waals surface area contributed by atoms with Crippen molar-refractivity contribution >= 4 is 29.9 Å². The van der Waals surface area contributed by atoms with Crippen LogP contribution in [0.4, 0.5) is 0 Å². The number of carboxylic acids is 1. The third-order valence-corrected chi connectivity index (χ3v) is 3.98. The van der Waals surface area contributed by atoms with E-state index < -0.39 is 5.97 Å². The first-order chi connectivity index (χ1) is 9.77. The van der Waals surface area contributed by atoms with Gasteiger partial charge in [-0.05, 0) is 12.8 Å². The molecule has 3 heteroatoms. The summed E-state index contributed by atoms with van der Waals surface area (Å²) in [6.07, 6.45) is 19.9. The molecule has 0 fully saturated rings. The van der Waals surface area contributed by atoms with Crippen molar-refractivity contribution in [3.63, 3.8) is 0 Å². The average molecular weight is 402 g/mol. The number of aliphatic carboxylic acids is 1. The van der Waals surface area contributed by atoms with E-state index in [1.807, 2.05) is 0 Å². The summed E-state index contributed by atoms with van der Waals surface area (Å²) in [7, 11) is 0. The summed E-state index contributed by atoms with van der Waals surface area (Å²) >= 11 is 0. The Kier molecular flexibility index (Phi) is 22.7. The first-order valence-electron chi connectivity index (χ1n) is 8.97. The van der Waals surface area contributed by atoms with E-state index in [4.69, 9.17) is 0 Å². The maximum Gasteiger partial charge on any atom is 2.00 e. The number of hydrogen-bond acceptors (Lipinski definition) is 2. The molecular formula is C18H35O2Sn+. The fourth-order valence-corrected chi connectivity index (χ4v) is 2.64. The topological polar surface area (TPSA) is 40.1 Å². The zero-order chi connectivity index (χ0) is 14.9. The summed E-state index contributed by atoms with van der Waals surface area (Å²) in [4.78, 5) is 10.2. The minimum Gasteiger partial charge on any atom is -0.550 e. The van der Waals surface area contributed by atoms with Gasteiger partial charge in [0.25, 0.3) is 0 Å². The first kappa shape index (κ1) is 23.5. The molecule has 0 atom stereocenters. The van der Waals surface area contributed by atoms with Gasteiger partial charge in [-0.3, -0.25) is 0 Å². The van der Waals surface area contributed by atoms with Gasteiger partial charge in [0.15, 0.2) is 0 Å². The molecule has 0 aromatic rings. The molecule has 0 rings (SSSR count). The van der Waals surface area contributed by atoms with Crippen LogP contribution in [0.15, 0.2) is 0 Å². The van der Waals surface area contributed by atoms with Crippen molar-refractivity contribution in [2.75, 3.05) is 0 Å². The molecule has 0 aliphatic heterocycles. The maximum absolute atomic E-state index is 10.2. The monoisotopic (exact) mass is 403 g/mol. The molecule has 2 radical (unpaired) electrons. The Balaban J connectivity index is 0. The van der Waals surface area contributed by atoms with Crippen molar-refractivity contribution in [2.45, 2.75) is 110 Å². The van der Waals surface area contributed by atoms with Crippen LogP contribution in [0.2, 0.25) is 0 Å². The predicted molar refractivity (Wildman–Crippen MR) is 90.3 cm³/mol. The summed E-state index contributed by atoms with van der Waals surface area (Å²) in [5.74, 6) is -0.903. The van der Waals surface area contributed by atoms with Crippen molar-refractivity contribution in [1.29, 1.82) is 0 Å². The summed E-state index contributed by atoms with van der Waals surface area (Å²) in [5.41, 5.74) is 0. The van der Waals surface area contributed by atoms with Crippen molar-refractivity contribution in [2.24, 2.45) is 0 Å². The molecule has 0 spiro atoms. The minimum atomic E-state index is -0.903. The number of unbranched alkanes of at least 4 members (excludes halogenated alkanes) is 14. The minimum absolute atomic E-state index is 0. The summed E-state index contributed by atoms with van der Waals surface area (Å²) < 4.78 is 0. The second kappa shape index (κ2) is 20.3. The van der Waals surface area contributed by atoms with Crippen molar-refractivity contribution < 1.29 is 9.90 Å². The van der Waals surface area contributed by atoms with Crippen LogP contribution < -0.4 is 5.11 Å². The van der Waals surface area contributed by atoms with Gasteiger partial charge in [0.1, 0.15) is 0 Å². The smallest absolute Gasteiger partial charge is 0.550 e. The van der Waals surface area contributed by atoms with Crippen LogP contribution in [0, 0.1) is 0 Å². The van der Waals surface area contributed by atoms with E-state index in [1.165, 1.54) is 83.5 Å². The zero-order valence-corrected chi connectivity index (χ0v) is 17.0. The molecule has 122 valence electrons. The van der Waals surface area contributed by atoms with Crippen LogP contribution >= 0.6 is 0 Å². The Morgan fingerprint density at radius 3 is 1.19 bits per heavy atom. The van der Waals surface area contributed by atoms with Crippen LogP contribution in [-0.4, -0.2) is 29.9 Å². The van der Waals surface area contributed by atoms with Gasteiger partial charge in [0.2, 0.25) is 0 Å². The van der Waals surface area contributed by atoms with Gasteiger partial charge in [-0.1, -0.05) is 96.8 Å². The van der Waals surface area contributed by atoms with Crippen LogP contribution in [-0.2, 0) is 4.79 Å². The molecule has 0 heterocycles. The molecule has 2 nitrogen and oxygen atoms in total. The molecule has 0 aromatic carbocycles. The second-order valence-corrected chi connectivity index (χ2v) is 6.07. The Morgan fingerprint density at radius 2 is 0.905 bits per heavy atom. The molecule has 0 bridgehead atoms. The first-order valence-corrected chi connectivity index (χ1v) is 8.97. The fourth-order valence-electron chi connectivity index (χ4n) is 2.64. The predicted octanol–water partition coefficient (Wildman–Crippen LogP) is 4.62. The Labute approximate surface area is 149 Å².